The number of hydrogen-bond donors (Lipinski definition) is 1. The molecule has 2 rings (SSSR count). The molecule has 2 nitrogen and oxygen atoms in total. The normalized spacial score (nSPS) is 27.9. The Morgan fingerprint density at radius 1 is 1.25 bits per heavy atom. The first kappa shape index (κ1) is 12.4. The minimum Gasteiger partial charge on any atom is -0.378 e. The first-order valence-electron chi connectivity index (χ1n) is 7.19. The molecule has 0 aromatic carbocycles. The largest absolute Gasteiger partial charge is 0.378 e. The molecule has 94 valence electrons. The van der Waals surface area contributed by atoms with E-state index in [9.17, 15) is 0 Å². The smallest absolute Gasteiger partial charge is 0.0576 e. The molecule has 2 fully saturated rings. The van der Waals surface area contributed by atoms with Crippen LogP contribution in [0.15, 0.2) is 0 Å². The van der Waals surface area contributed by atoms with Gasteiger partial charge in [-0.1, -0.05) is 19.8 Å². The van der Waals surface area contributed by atoms with Crippen molar-refractivity contribution in [2.45, 2.75) is 70.4 Å². The van der Waals surface area contributed by atoms with Gasteiger partial charge in [-0.25, -0.2) is 0 Å². The second-order valence-electron chi connectivity index (χ2n) is 5.71. The summed E-state index contributed by atoms with van der Waals surface area (Å²) in [6.07, 6.45) is 11.4. The average Bonchev–Trinajstić information content (AvgIpc) is 2.68. The van der Waals surface area contributed by atoms with Crippen molar-refractivity contribution in [3.8, 4) is 0 Å². The summed E-state index contributed by atoms with van der Waals surface area (Å²) < 4.78 is 5.64. The second-order valence-corrected chi connectivity index (χ2v) is 5.71. The lowest BCUT2D eigenvalue weighted by molar-refractivity contribution is 0.101. The molecule has 2 aliphatic rings. The van der Waals surface area contributed by atoms with Gasteiger partial charge < -0.3 is 10.1 Å². The van der Waals surface area contributed by atoms with E-state index in [0.717, 1.165) is 18.6 Å². The molecule has 1 aliphatic heterocycles. The molecule has 1 saturated carbocycles. The molecule has 0 amide bonds. The van der Waals surface area contributed by atoms with E-state index >= 15 is 0 Å². The van der Waals surface area contributed by atoms with Crippen LogP contribution in [0.2, 0.25) is 0 Å². The molecule has 0 radical (unpaired) electrons. The Balaban J connectivity index is 1.44. The predicted molar refractivity (Wildman–Crippen MR) is 67.6 cm³/mol. The van der Waals surface area contributed by atoms with Crippen LogP contribution in [0.25, 0.3) is 0 Å². The summed E-state index contributed by atoms with van der Waals surface area (Å²) >= 11 is 0. The second kappa shape index (κ2) is 6.61. The maximum absolute atomic E-state index is 5.64. The molecule has 1 saturated heterocycles. The van der Waals surface area contributed by atoms with E-state index in [1.165, 1.54) is 57.9 Å². The number of ether oxygens (including phenoxy) is 1. The first-order valence-corrected chi connectivity index (χ1v) is 7.19. The Labute approximate surface area is 100 Å². The summed E-state index contributed by atoms with van der Waals surface area (Å²) in [6.45, 7) is 4.60. The minimum absolute atomic E-state index is 0.590. The topological polar surface area (TPSA) is 21.3 Å². The predicted octanol–water partition coefficient (Wildman–Crippen LogP) is 3.11. The van der Waals surface area contributed by atoms with Crippen molar-refractivity contribution < 1.29 is 4.74 Å². The minimum atomic E-state index is 0.590. The summed E-state index contributed by atoms with van der Waals surface area (Å²) in [7, 11) is 0. The van der Waals surface area contributed by atoms with Gasteiger partial charge in [-0.15, -0.1) is 0 Å². The Bertz CT molecular complexity index is 185. The summed E-state index contributed by atoms with van der Waals surface area (Å²) in [6, 6.07) is 0.848. The van der Waals surface area contributed by atoms with E-state index in [1.807, 2.05) is 0 Å². The Morgan fingerprint density at radius 2 is 2.12 bits per heavy atom. The van der Waals surface area contributed by atoms with Gasteiger partial charge in [0.1, 0.15) is 0 Å². The van der Waals surface area contributed by atoms with Gasteiger partial charge in [0.15, 0.2) is 0 Å². The Kier molecular flexibility index (Phi) is 5.11. The van der Waals surface area contributed by atoms with Gasteiger partial charge in [0.25, 0.3) is 0 Å². The zero-order valence-corrected chi connectivity index (χ0v) is 10.7. The highest BCUT2D eigenvalue weighted by Gasteiger charge is 2.18. The van der Waals surface area contributed by atoms with Crippen molar-refractivity contribution in [1.29, 1.82) is 0 Å². The monoisotopic (exact) mass is 225 g/mol. The van der Waals surface area contributed by atoms with Gasteiger partial charge in [0.05, 0.1) is 6.10 Å². The number of nitrogens with one attached hydrogen (secondary N) is 1. The number of hydrogen-bond acceptors (Lipinski definition) is 2. The summed E-state index contributed by atoms with van der Waals surface area (Å²) in [5.74, 6) is 0.835. The molecule has 1 N–H and O–H groups in total. The van der Waals surface area contributed by atoms with Crippen LogP contribution in [0.4, 0.5) is 0 Å². The quantitative estimate of drug-likeness (QED) is 0.719. The van der Waals surface area contributed by atoms with Crippen LogP contribution in [0.3, 0.4) is 0 Å². The summed E-state index contributed by atoms with van der Waals surface area (Å²) in [5, 5.41) is 3.67. The van der Waals surface area contributed by atoms with E-state index < -0.39 is 0 Å². The molecule has 1 heterocycles. The first-order chi connectivity index (χ1) is 7.84. The lowest BCUT2D eigenvalue weighted by Crippen LogP contribution is -2.37. The molecule has 2 heteroatoms. The van der Waals surface area contributed by atoms with Crippen molar-refractivity contribution >= 4 is 0 Å². The van der Waals surface area contributed by atoms with Crippen molar-refractivity contribution in [3.63, 3.8) is 0 Å². The molecule has 0 aromatic rings. The van der Waals surface area contributed by atoms with E-state index in [4.69, 9.17) is 4.74 Å². The van der Waals surface area contributed by atoms with E-state index in [-0.39, 0.29) is 0 Å². The van der Waals surface area contributed by atoms with Gasteiger partial charge in [-0.3, -0.25) is 0 Å². The van der Waals surface area contributed by atoms with Crippen molar-refractivity contribution in [1.82, 2.24) is 5.32 Å². The zero-order chi connectivity index (χ0) is 11.2. The van der Waals surface area contributed by atoms with E-state index in [2.05, 4.69) is 12.2 Å². The van der Waals surface area contributed by atoms with E-state index in [0.29, 0.717) is 6.10 Å². The molecule has 1 aliphatic carbocycles. The van der Waals surface area contributed by atoms with Crippen LogP contribution >= 0.6 is 0 Å². The maximum atomic E-state index is 5.64. The zero-order valence-electron chi connectivity index (χ0n) is 10.7. The average molecular weight is 225 g/mol. The van der Waals surface area contributed by atoms with Crippen molar-refractivity contribution in [2.24, 2.45) is 5.92 Å². The maximum Gasteiger partial charge on any atom is 0.0576 e. The highest BCUT2D eigenvalue weighted by atomic mass is 16.5. The van der Waals surface area contributed by atoms with Crippen LogP contribution in [-0.4, -0.2) is 25.3 Å². The Morgan fingerprint density at radius 3 is 2.75 bits per heavy atom. The highest BCUT2D eigenvalue weighted by Crippen LogP contribution is 2.20. The van der Waals surface area contributed by atoms with Gasteiger partial charge >= 0.3 is 0 Å². The number of rotatable bonds is 7. The fourth-order valence-electron chi connectivity index (χ4n) is 2.65. The standard InChI is InChI=1S/C14H27NO/c1-12(11-15-13-6-3-7-13)5-2-8-14-9-4-10-16-14/h12-15H,2-11H2,1H3. The molecule has 0 aromatic heterocycles. The van der Waals surface area contributed by atoms with Crippen LogP contribution in [0.1, 0.15) is 58.3 Å². The lowest BCUT2D eigenvalue weighted by Gasteiger charge is -2.28. The van der Waals surface area contributed by atoms with Crippen molar-refractivity contribution in [3.05, 3.63) is 0 Å². The third-order valence-electron chi connectivity index (χ3n) is 4.11. The molecule has 2 atom stereocenters. The molecule has 0 bridgehead atoms. The molecular weight excluding hydrogens is 198 g/mol. The summed E-state index contributed by atoms with van der Waals surface area (Å²) in [4.78, 5) is 0. The van der Waals surface area contributed by atoms with Gasteiger partial charge in [0, 0.05) is 12.6 Å². The van der Waals surface area contributed by atoms with Crippen LogP contribution in [0, 0.1) is 5.92 Å². The van der Waals surface area contributed by atoms with Crippen molar-refractivity contribution in [2.75, 3.05) is 13.2 Å². The molecule has 16 heavy (non-hydrogen) atoms. The van der Waals surface area contributed by atoms with Gasteiger partial charge in [-0.2, -0.15) is 0 Å². The van der Waals surface area contributed by atoms with E-state index in [1.54, 1.807) is 0 Å². The fraction of sp³-hybridized carbons (Fsp3) is 1.00. The SMILES string of the molecule is CC(CCCC1CCCO1)CNC1CCC1. The van der Waals surface area contributed by atoms with Crippen LogP contribution in [0.5, 0.6) is 0 Å². The molecular formula is C14H27NO. The van der Waals surface area contributed by atoms with Gasteiger partial charge in [0.2, 0.25) is 0 Å². The third-order valence-corrected chi connectivity index (χ3v) is 4.11. The fourth-order valence-corrected chi connectivity index (χ4v) is 2.65. The summed E-state index contributed by atoms with van der Waals surface area (Å²) in [5.41, 5.74) is 0. The van der Waals surface area contributed by atoms with Crippen LogP contribution < -0.4 is 5.32 Å². The highest BCUT2D eigenvalue weighted by molar-refractivity contribution is 4.77. The molecule has 2 unspecified atom stereocenters. The molecule has 0 spiro atoms. The third kappa shape index (κ3) is 4.06. The van der Waals surface area contributed by atoms with Gasteiger partial charge in [-0.05, 0) is 51.0 Å². The van der Waals surface area contributed by atoms with Crippen LogP contribution in [-0.2, 0) is 4.74 Å². The Hall–Kier alpha value is -0.0800. The lowest BCUT2D eigenvalue weighted by atomic mass is 9.92.